The Bertz CT molecular complexity index is 470. The van der Waals surface area contributed by atoms with Gasteiger partial charge in [0.2, 0.25) is 0 Å². The van der Waals surface area contributed by atoms with Gasteiger partial charge in [0, 0.05) is 25.8 Å². The van der Waals surface area contributed by atoms with Crippen LogP contribution in [0.2, 0.25) is 10.2 Å². The second kappa shape index (κ2) is 6.52. The molecule has 1 unspecified atom stereocenters. The molecule has 0 aromatic carbocycles. The van der Waals surface area contributed by atoms with Gasteiger partial charge in [0.15, 0.2) is 0 Å². The van der Waals surface area contributed by atoms with Gasteiger partial charge in [-0.1, -0.05) is 23.2 Å². The first-order valence-corrected chi connectivity index (χ1v) is 6.71. The minimum absolute atomic E-state index is 0.00113. The van der Waals surface area contributed by atoms with Crippen molar-refractivity contribution in [1.29, 1.82) is 0 Å². The van der Waals surface area contributed by atoms with Gasteiger partial charge in [-0.25, -0.2) is 4.98 Å². The number of nitrogens with one attached hydrogen (secondary N) is 1. The Morgan fingerprint density at radius 3 is 3.16 bits per heavy atom. The molecule has 5 nitrogen and oxygen atoms in total. The summed E-state index contributed by atoms with van der Waals surface area (Å²) >= 11 is 11.7. The third-order valence-electron chi connectivity index (χ3n) is 2.90. The molecule has 1 aliphatic heterocycles. The molecule has 1 aromatic heterocycles. The number of halogens is 2. The molecular formula is C12H15Cl2N3O2. The third kappa shape index (κ3) is 4.04. The van der Waals surface area contributed by atoms with E-state index in [4.69, 9.17) is 27.9 Å². The highest BCUT2D eigenvalue weighted by Crippen LogP contribution is 2.17. The SMILES string of the molecule is CN1CCOC(CNC(=O)c2cc(Cl)ncc2Cl)C1. The third-order valence-corrected chi connectivity index (χ3v) is 3.41. The molecule has 1 saturated heterocycles. The van der Waals surface area contributed by atoms with Crippen molar-refractivity contribution in [3.8, 4) is 0 Å². The van der Waals surface area contributed by atoms with Crippen molar-refractivity contribution in [3.05, 3.63) is 28.0 Å². The average Bonchev–Trinajstić information content (AvgIpc) is 2.39. The predicted molar refractivity (Wildman–Crippen MR) is 73.8 cm³/mol. The van der Waals surface area contributed by atoms with Crippen LogP contribution in [0, 0.1) is 0 Å². The van der Waals surface area contributed by atoms with Crippen LogP contribution in [-0.4, -0.2) is 55.2 Å². The Morgan fingerprint density at radius 1 is 1.63 bits per heavy atom. The highest BCUT2D eigenvalue weighted by Gasteiger charge is 2.19. The summed E-state index contributed by atoms with van der Waals surface area (Å²) in [6, 6.07) is 1.45. The van der Waals surface area contributed by atoms with E-state index in [1.54, 1.807) is 0 Å². The summed E-state index contributed by atoms with van der Waals surface area (Å²) in [7, 11) is 2.02. The molecule has 0 bridgehead atoms. The van der Waals surface area contributed by atoms with Crippen LogP contribution in [0.15, 0.2) is 12.3 Å². The van der Waals surface area contributed by atoms with Gasteiger partial charge in [-0.15, -0.1) is 0 Å². The summed E-state index contributed by atoms with van der Waals surface area (Å²) in [5.74, 6) is -0.272. The van der Waals surface area contributed by atoms with Crippen LogP contribution in [0.5, 0.6) is 0 Å². The van der Waals surface area contributed by atoms with E-state index in [9.17, 15) is 4.79 Å². The molecule has 1 N–H and O–H groups in total. The highest BCUT2D eigenvalue weighted by atomic mass is 35.5. The van der Waals surface area contributed by atoms with Crippen LogP contribution in [0.25, 0.3) is 0 Å². The second-order valence-corrected chi connectivity index (χ2v) is 5.25. The molecule has 1 aromatic rings. The van der Waals surface area contributed by atoms with Crippen LogP contribution >= 0.6 is 23.2 Å². The zero-order valence-corrected chi connectivity index (χ0v) is 12.0. The Morgan fingerprint density at radius 2 is 2.42 bits per heavy atom. The second-order valence-electron chi connectivity index (χ2n) is 4.45. The Balaban J connectivity index is 1.92. The lowest BCUT2D eigenvalue weighted by atomic mass is 10.2. The van der Waals surface area contributed by atoms with Crippen molar-refractivity contribution < 1.29 is 9.53 Å². The summed E-state index contributed by atoms with van der Waals surface area (Å²) in [6.45, 7) is 2.83. The van der Waals surface area contributed by atoms with E-state index in [1.807, 2.05) is 7.05 Å². The number of hydrogen-bond acceptors (Lipinski definition) is 4. The van der Waals surface area contributed by atoms with E-state index < -0.39 is 0 Å². The van der Waals surface area contributed by atoms with E-state index in [-0.39, 0.29) is 22.2 Å². The van der Waals surface area contributed by atoms with Gasteiger partial charge in [-0.05, 0) is 13.1 Å². The summed E-state index contributed by atoms with van der Waals surface area (Å²) in [5.41, 5.74) is 0.325. The smallest absolute Gasteiger partial charge is 0.253 e. The largest absolute Gasteiger partial charge is 0.374 e. The fraction of sp³-hybridized carbons (Fsp3) is 0.500. The van der Waals surface area contributed by atoms with Crippen molar-refractivity contribution in [2.24, 2.45) is 0 Å². The van der Waals surface area contributed by atoms with Crippen LogP contribution < -0.4 is 5.32 Å². The number of rotatable bonds is 3. The van der Waals surface area contributed by atoms with Gasteiger partial charge in [-0.3, -0.25) is 4.79 Å². The van der Waals surface area contributed by atoms with Gasteiger partial charge in [0.1, 0.15) is 5.15 Å². The fourth-order valence-electron chi connectivity index (χ4n) is 1.88. The molecule has 104 valence electrons. The first kappa shape index (κ1) is 14.5. The number of carbonyl (C=O) groups excluding carboxylic acids is 1. The van der Waals surface area contributed by atoms with Crippen LogP contribution in [0.1, 0.15) is 10.4 Å². The normalized spacial score (nSPS) is 20.3. The molecular weight excluding hydrogens is 289 g/mol. The zero-order valence-electron chi connectivity index (χ0n) is 10.5. The molecule has 1 aliphatic rings. The summed E-state index contributed by atoms with van der Waals surface area (Å²) in [5, 5.41) is 3.32. The molecule has 2 heterocycles. The monoisotopic (exact) mass is 303 g/mol. The standard InChI is InChI=1S/C12H15Cl2N3O2/c1-17-2-3-19-8(7-17)5-16-12(18)9-4-11(14)15-6-10(9)13/h4,6,8H,2-3,5,7H2,1H3,(H,16,18). The molecule has 19 heavy (non-hydrogen) atoms. The molecule has 7 heteroatoms. The van der Waals surface area contributed by atoms with E-state index in [1.165, 1.54) is 12.3 Å². The maximum absolute atomic E-state index is 12.0. The van der Waals surface area contributed by atoms with Gasteiger partial charge in [0.05, 0.1) is 23.3 Å². The van der Waals surface area contributed by atoms with Crippen molar-refractivity contribution in [2.45, 2.75) is 6.10 Å². The number of nitrogens with zero attached hydrogens (tertiary/aromatic N) is 2. The number of amides is 1. The molecule has 1 atom stereocenters. The van der Waals surface area contributed by atoms with E-state index in [0.29, 0.717) is 18.7 Å². The molecule has 0 saturated carbocycles. The van der Waals surface area contributed by atoms with E-state index >= 15 is 0 Å². The Hall–Kier alpha value is -0.880. The molecule has 0 radical (unpaired) electrons. The summed E-state index contributed by atoms with van der Waals surface area (Å²) in [4.78, 5) is 18.0. The van der Waals surface area contributed by atoms with Crippen molar-refractivity contribution in [3.63, 3.8) is 0 Å². The first-order chi connectivity index (χ1) is 9.06. The van der Waals surface area contributed by atoms with Crippen molar-refractivity contribution in [2.75, 3.05) is 33.3 Å². The number of ether oxygens (including phenoxy) is 1. The van der Waals surface area contributed by atoms with Crippen LogP contribution in [0.3, 0.4) is 0 Å². The number of morpholine rings is 1. The van der Waals surface area contributed by atoms with Gasteiger partial charge >= 0.3 is 0 Å². The van der Waals surface area contributed by atoms with Gasteiger partial charge < -0.3 is 15.0 Å². The number of pyridine rings is 1. The zero-order chi connectivity index (χ0) is 13.8. The minimum atomic E-state index is -0.272. The van der Waals surface area contributed by atoms with Crippen LogP contribution in [-0.2, 0) is 4.74 Å². The number of hydrogen-bond donors (Lipinski definition) is 1. The maximum Gasteiger partial charge on any atom is 0.253 e. The molecule has 1 amide bonds. The number of likely N-dealkylation sites (N-methyl/N-ethyl adjacent to an activating group) is 1. The fourth-order valence-corrected chi connectivity index (χ4v) is 2.23. The molecule has 0 spiro atoms. The first-order valence-electron chi connectivity index (χ1n) is 5.95. The van der Waals surface area contributed by atoms with Crippen LogP contribution in [0.4, 0.5) is 0 Å². The van der Waals surface area contributed by atoms with Crippen molar-refractivity contribution in [1.82, 2.24) is 15.2 Å². The Kier molecular flexibility index (Phi) is 4.99. The lowest BCUT2D eigenvalue weighted by molar-refractivity contribution is -0.0175. The quantitative estimate of drug-likeness (QED) is 0.859. The lowest BCUT2D eigenvalue weighted by Gasteiger charge is -2.30. The van der Waals surface area contributed by atoms with E-state index in [0.717, 1.165) is 13.1 Å². The van der Waals surface area contributed by atoms with Crippen molar-refractivity contribution >= 4 is 29.1 Å². The molecule has 1 fully saturated rings. The Labute approximate surface area is 121 Å². The maximum atomic E-state index is 12.0. The minimum Gasteiger partial charge on any atom is -0.374 e. The summed E-state index contributed by atoms with van der Waals surface area (Å²) in [6.07, 6.45) is 1.36. The number of carbonyl (C=O) groups is 1. The lowest BCUT2D eigenvalue weighted by Crippen LogP contribution is -2.45. The van der Waals surface area contributed by atoms with Gasteiger partial charge in [-0.2, -0.15) is 0 Å². The topological polar surface area (TPSA) is 54.5 Å². The predicted octanol–water partition coefficient (Wildman–Crippen LogP) is 1.45. The molecule has 0 aliphatic carbocycles. The summed E-state index contributed by atoms with van der Waals surface area (Å²) < 4.78 is 5.56. The molecule has 2 rings (SSSR count). The number of aromatic nitrogens is 1. The average molecular weight is 304 g/mol. The van der Waals surface area contributed by atoms with E-state index in [2.05, 4.69) is 15.2 Å². The van der Waals surface area contributed by atoms with Gasteiger partial charge in [0.25, 0.3) is 5.91 Å². The highest BCUT2D eigenvalue weighted by molar-refractivity contribution is 6.35.